The van der Waals surface area contributed by atoms with Crippen molar-refractivity contribution in [3.63, 3.8) is 0 Å². The van der Waals surface area contributed by atoms with E-state index in [1.54, 1.807) is 0 Å². The number of nitrogens with zero attached hydrogens (tertiary/aromatic N) is 2. The summed E-state index contributed by atoms with van der Waals surface area (Å²) < 4.78 is 0. The first-order valence-corrected chi connectivity index (χ1v) is 16.0. The molecule has 0 radical (unpaired) electrons. The van der Waals surface area contributed by atoms with E-state index in [0.29, 0.717) is 18.2 Å². The molecule has 0 saturated heterocycles. The maximum atomic E-state index is 12.4. The maximum absolute atomic E-state index is 12.4. The standard InChI is InChI=1S/C39H54N2O/c1-11-40-32-23-21-28(2)26-30(32)38(7,8)34(40)18-14-12-15-19-35-39(9,10)31-27-29(3)22-24-33(31)41(35)25-17-13-16-20-36(42)37(4,5)6/h12,14-15,18-19,21-24,26-27,34H,11,13,16-17,20,25H2,1-10H3/b15-12+,18-14+,35-19+. The van der Waals surface area contributed by atoms with Crippen molar-refractivity contribution in [2.75, 3.05) is 22.9 Å². The van der Waals surface area contributed by atoms with E-state index in [9.17, 15) is 4.79 Å². The van der Waals surface area contributed by atoms with E-state index in [-0.39, 0.29) is 16.2 Å². The Hall–Kier alpha value is -3.07. The average molecular weight is 567 g/mol. The molecule has 2 aliphatic heterocycles. The molecule has 2 aromatic carbocycles. The summed E-state index contributed by atoms with van der Waals surface area (Å²) in [5, 5.41) is 0. The number of rotatable bonds is 10. The van der Waals surface area contributed by atoms with Gasteiger partial charge in [0.1, 0.15) is 5.78 Å². The number of carbonyl (C=O) groups is 1. The fourth-order valence-corrected chi connectivity index (χ4v) is 6.84. The van der Waals surface area contributed by atoms with Gasteiger partial charge in [-0.2, -0.15) is 0 Å². The molecule has 0 aromatic heterocycles. The van der Waals surface area contributed by atoms with E-state index in [1.165, 1.54) is 39.3 Å². The van der Waals surface area contributed by atoms with Crippen LogP contribution in [0.2, 0.25) is 0 Å². The Labute approximate surface area is 256 Å². The maximum Gasteiger partial charge on any atom is 0.138 e. The molecule has 2 aliphatic rings. The van der Waals surface area contributed by atoms with Crippen molar-refractivity contribution in [3.8, 4) is 0 Å². The smallest absolute Gasteiger partial charge is 0.138 e. The molecule has 1 atom stereocenters. The fourth-order valence-electron chi connectivity index (χ4n) is 6.84. The summed E-state index contributed by atoms with van der Waals surface area (Å²) in [6.07, 6.45) is 15.1. The van der Waals surface area contributed by atoms with Gasteiger partial charge in [0.15, 0.2) is 0 Å². The number of anilines is 2. The number of allylic oxidation sites excluding steroid dienone is 5. The molecular weight excluding hydrogens is 512 g/mol. The fraction of sp³-hybridized carbons (Fsp3) is 0.513. The van der Waals surface area contributed by atoms with Crippen molar-refractivity contribution in [3.05, 3.63) is 94.7 Å². The number of likely N-dealkylation sites (N-methyl/N-ethyl adjacent to an activating group) is 1. The Bertz CT molecular complexity index is 1380. The van der Waals surface area contributed by atoms with Crippen LogP contribution in [0.1, 0.15) is 103 Å². The molecule has 0 bridgehead atoms. The minimum Gasteiger partial charge on any atom is -0.364 e. The van der Waals surface area contributed by atoms with Gasteiger partial charge in [0.05, 0.1) is 6.04 Å². The second-order valence-corrected chi connectivity index (χ2v) is 14.6. The van der Waals surface area contributed by atoms with Gasteiger partial charge >= 0.3 is 0 Å². The van der Waals surface area contributed by atoms with Crippen LogP contribution >= 0.6 is 0 Å². The van der Waals surface area contributed by atoms with Gasteiger partial charge in [-0.25, -0.2) is 0 Å². The topological polar surface area (TPSA) is 23.6 Å². The van der Waals surface area contributed by atoms with Gasteiger partial charge < -0.3 is 9.80 Å². The Morgan fingerprint density at radius 2 is 1.50 bits per heavy atom. The number of benzene rings is 2. The van der Waals surface area contributed by atoms with Crippen LogP contribution in [-0.2, 0) is 15.6 Å². The zero-order valence-corrected chi connectivity index (χ0v) is 28.0. The highest BCUT2D eigenvalue weighted by Gasteiger charge is 2.42. The first kappa shape index (κ1) is 31.9. The highest BCUT2D eigenvalue weighted by atomic mass is 16.1. The van der Waals surface area contributed by atoms with Crippen LogP contribution in [0.4, 0.5) is 11.4 Å². The molecule has 1 unspecified atom stereocenters. The van der Waals surface area contributed by atoms with Gasteiger partial charge in [0.2, 0.25) is 0 Å². The molecule has 226 valence electrons. The number of hydrogen-bond donors (Lipinski definition) is 0. The third-order valence-electron chi connectivity index (χ3n) is 9.51. The van der Waals surface area contributed by atoms with E-state index < -0.39 is 0 Å². The van der Waals surface area contributed by atoms with E-state index in [1.807, 2.05) is 20.8 Å². The number of ketones is 1. The van der Waals surface area contributed by atoms with Crippen molar-refractivity contribution in [2.24, 2.45) is 5.41 Å². The first-order chi connectivity index (χ1) is 19.7. The average Bonchev–Trinajstić information content (AvgIpc) is 3.25. The van der Waals surface area contributed by atoms with Crippen LogP contribution in [0.5, 0.6) is 0 Å². The normalized spacial score (nSPS) is 20.2. The molecule has 0 fully saturated rings. The molecule has 4 rings (SSSR count). The van der Waals surface area contributed by atoms with Crippen molar-refractivity contribution in [1.29, 1.82) is 0 Å². The van der Waals surface area contributed by atoms with Crippen LogP contribution in [0.15, 0.2) is 72.5 Å². The van der Waals surface area contributed by atoms with Crippen LogP contribution < -0.4 is 9.80 Å². The van der Waals surface area contributed by atoms with Crippen molar-refractivity contribution in [2.45, 2.75) is 112 Å². The summed E-state index contributed by atoms with van der Waals surface area (Å²) in [7, 11) is 0. The van der Waals surface area contributed by atoms with Crippen molar-refractivity contribution in [1.82, 2.24) is 0 Å². The van der Waals surface area contributed by atoms with Crippen LogP contribution in [0.3, 0.4) is 0 Å². The number of hydrogen-bond acceptors (Lipinski definition) is 3. The van der Waals surface area contributed by atoms with Crippen LogP contribution in [0, 0.1) is 19.3 Å². The lowest BCUT2D eigenvalue weighted by Crippen LogP contribution is -2.39. The molecule has 3 nitrogen and oxygen atoms in total. The third-order valence-corrected chi connectivity index (χ3v) is 9.51. The van der Waals surface area contributed by atoms with Crippen molar-refractivity contribution < 1.29 is 4.79 Å². The Morgan fingerprint density at radius 1 is 0.857 bits per heavy atom. The van der Waals surface area contributed by atoms with E-state index in [2.05, 4.69) is 125 Å². The number of unbranched alkanes of at least 4 members (excludes halogenated alkanes) is 2. The summed E-state index contributed by atoms with van der Waals surface area (Å²) in [4.78, 5) is 17.4. The molecule has 2 heterocycles. The highest BCUT2D eigenvalue weighted by molar-refractivity contribution is 5.83. The van der Waals surface area contributed by atoms with E-state index in [4.69, 9.17) is 0 Å². The summed E-state index contributed by atoms with van der Waals surface area (Å²) in [6.45, 7) is 24.1. The molecule has 2 aromatic rings. The number of aryl methyl sites for hydroxylation is 2. The first-order valence-electron chi connectivity index (χ1n) is 16.0. The molecule has 0 amide bonds. The van der Waals surface area contributed by atoms with Crippen LogP contribution in [0.25, 0.3) is 0 Å². The SMILES string of the molecule is CCN1c2ccc(C)cc2C(C)(C)C1/C=C/C=C/C=C1/N(CCCCCC(=O)C(C)(C)C)c2ccc(C)cc2C1(C)C. The van der Waals surface area contributed by atoms with Gasteiger partial charge in [-0.3, -0.25) is 4.79 Å². The minimum absolute atomic E-state index is 0.0570. The molecule has 0 aliphatic carbocycles. The lowest BCUT2D eigenvalue weighted by molar-refractivity contribution is -0.126. The van der Waals surface area contributed by atoms with E-state index >= 15 is 0 Å². The summed E-state index contributed by atoms with van der Waals surface area (Å²) in [5.41, 5.74) is 9.27. The van der Waals surface area contributed by atoms with Gasteiger partial charge in [-0.15, -0.1) is 0 Å². The second-order valence-electron chi connectivity index (χ2n) is 14.6. The highest BCUT2D eigenvalue weighted by Crippen LogP contribution is 2.48. The Morgan fingerprint density at radius 3 is 2.14 bits per heavy atom. The number of Topliss-reactive ketones (excluding diaryl/α,β-unsaturated/α-hetero) is 1. The lowest BCUT2D eigenvalue weighted by Gasteiger charge is -2.31. The van der Waals surface area contributed by atoms with Gasteiger partial charge in [0, 0.05) is 52.8 Å². The van der Waals surface area contributed by atoms with E-state index in [0.717, 1.165) is 32.4 Å². The van der Waals surface area contributed by atoms with Gasteiger partial charge in [0.25, 0.3) is 0 Å². The largest absolute Gasteiger partial charge is 0.364 e. The second kappa shape index (κ2) is 12.3. The molecule has 42 heavy (non-hydrogen) atoms. The molecule has 0 saturated carbocycles. The third kappa shape index (κ3) is 6.31. The minimum atomic E-state index is -0.238. The Balaban J connectivity index is 1.50. The number of fused-ring (bicyclic) bond motifs is 2. The summed E-state index contributed by atoms with van der Waals surface area (Å²) in [5.74, 6) is 0.367. The van der Waals surface area contributed by atoms with Gasteiger partial charge in [-0.1, -0.05) is 115 Å². The quantitative estimate of drug-likeness (QED) is 0.211. The zero-order chi connectivity index (χ0) is 30.9. The van der Waals surface area contributed by atoms with Crippen LogP contribution in [-0.4, -0.2) is 24.9 Å². The van der Waals surface area contributed by atoms with Crippen molar-refractivity contribution >= 4 is 17.2 Å². The monoisotopic (exact) mass is 566 g/mol. The molecule has 3 heteroatoms. The molecule has 0 spiro atoms. The molecule has 0 N–H and O–H groups in total. The zero-order valence-electron chi connectivity index (χ0n) is 28.0. The molecular formula is C39H54N2O. The number of carbonyl (C=O) groups excluding carboxylic acids is 1. The Kier molecular flexibility index (Phi) is 9.31. The summed E-state index contributed by atoms with van der Waals surface area (Å²) in [6, 6.07) is 14.1. The summed E-state index contributed by atoms with van der Waals surface area (Å²) >= 11 is 0. The predicted molar refractivity (Wildman–Crippen MR) is 182 cm³/mol. The predicted octanol–water partition coefficient (Wildman–Crippen LogP) is 9.76. The van der Waals surface area contributed by atoms with Gasteiger partial charge in [-0.05, 0) is 62.9 Å². The lowest BCUT2D eigenvalue weighted by atomic mass is 9.80.